The average molecular weight is 461 g/mol. The molecule has 1 aromatic heterocycles. The van der Waals surface area contributed by atoms with E-state index in [9.17, 15) is 14.7 Å². The summed E-state index contributed by atoms with van der Waals surface area (Å²) < 4.78 is 11.1. The molecule has 3 aliphatic rings. The first-order chi connectivity index (χ1) is 15.8. The number of amides is 2. The van der Waals surface area contributed by atoms with Crippen LogP contribution in [0.4, 0.5) is 21.1 Å². The molecule has 2 bridgehead atoms. The van der Waals surface area contributed by atoms with Gasteiger partial charge in [-0.25, -0.2) is 14.6 Å². The van der Waals surface area contributed by atoms with E-state index in [0.717, 1.165) is 43.6 Å². The molecule has 3 atom stereocenters. The van der Waals surface area contributed by atoms with Crippen LogP contribution in [0.2, 0.25) is 0 Å². The van der Waals surface area contributed by atoms with Crippen LogP contribution < -0.4 is 10.2 Å². The molecule has 0 radical (unpaired) electrons. The molecule has 3 aliphatic heterocycles. The summed E-state index contributed by atoms with van der Waals surface area (Å²) in [5, 5.41) is 12.7. The molecule has 2 N–H and O–H groups in total. The SMILES string of the molecule is Cc1cc(NC(=O)OCC(C)C)cnc1N1CCCC(OC(=O)N2C3CCC2CC(O)C3)C1. The first kappa shape index (κ1) is 23.6. The minimum absolute atomic E-state index is 0.0992. The second-order valence-electron chi connectivity index (χ2n) is 9.99. The van der Waals surface area contributed by atoms with Crippen LogP contribution >= 0.6 is 0 Å². The van der Waals surface area contributed by atoms with Gasteiger partial charge in [0.15, 0.2) is 0 Å². The first-order valence-electron chi connectivity index (χ1n) is 12.1. The first-order valence-corrected chi connectivity index (χ1v) is 12.1. The van der Waals surface area contributed by atoms with Crippen LogP contribution in [0.3, 0.4) is 0 Å². The number of piperidine rings is 2. The molecule has 0 spiro atoms. The van der Waals surface area contributed by atoms with Crippen molar-refractivity contribution < 1.29 is 24.2 Å². The zero-order chi connectivity index (χ0) is 23.5. The normalized spacial score (nSPS) is 26.9. The third-order valence-electron chi connectivity index (χ3n) is 6.71. The van der Waals surface area contributed by atoms with Crippen molar-refractivity contribution >= 4 is 23.7 Å². The maximum Gasteiger partial charge on any atom is 0.411 e. The van der Waals surface area contributed by atoms with Crippen LogP contribution in [0.1, 0.15) is 57.9 Å². The van der Waals surface area contributed by atoms with E-state index in [4.69, 9.17) is 9.47 Å². The zero-order valence-electron chi connectivity index (χ0n) is 19.8. The number of hydrogen-bond donors (Lipinski definition) is 2. The third-order valence-corrected chi connectivity index (χ3v) is 6.71. The Morgan fingerprint density at radius 2 is 1.97 bits per heavy atom. The second kappa shape index (κ2) is 10.2. The quantitative estimate of drug-likeness (QED) is 0.691. The summed E-state index contributed by atoms with van der Waals surface area (Å²) in [5.74, 6) is 1.11. The number of nitrogens with one attached hydrogen (secondary N) is 1. The van der Waals surface area contributed by atoms with E-state index in [-0.39, 0.29) is 36.3 Å². The van der Waals surface area contributed by atoms with Crippen LogP contribution in [0.5, 0.6) is 0 Å². The summed E-state index contributed by atoms with van der Waals surface area (Å²) in [5.41, 5.74) is 1.53. The highest BCUT2D eigenvalue weighted by atomic mass is 16.6. The molecule has 3 unspecified atom stereocenters. The van der Waals surface area contributed by atoms with Gasteiger partial charge >= 0.3 is 12.2 Å². The van der Waals surface area contributed by atoms with Crippen LogP contribution in [0.25, 0.3) is 0 Å². The summed E-state index contributed by atoms with van der Waals surface area (Å²) in [4.78, 5) is 33.4. The van der Waals surface area contributed by atoms with Crippen molar-refractivity contribution in [2.75, 3.05) is 29.9 Å². The molecule has 0 aromatic carbocycles. The molecule has 9 nitrogen and oxygen atoms in total. The Morgan fingerprint density at radius 1 is 1.24 bits per heavy atom. The van der Waals surface area contributed by atoms with Gasteiger partial charge < -0.3 is 24.4 Å². The molecule has 3 fully saturated rings. The molecule has 4 heterocycles. The fraction of sp³-hybridized carbons (Fsp3) is 0.708. The van der Waals surface area contributed by atoms with Gasteiger partial charge in [-0.1, -0.05) is 13.8 Å². The minimum Gasteiger partial charge on any atom is -0.449 e. The number of carbonyl (C=O) groups is 2. The number of ether oxygens (including phenoxy) is 2. The number of aryl methyl sites for hydroxylation is 1. The van der Waals surface area contributed by atoms with Gasteiger partial charge in [-0.3, -0.25) is 5.32 Å². The molecule has 0 saturated carbocycles. The number of aliphatic hydroxyl groups excluding tert-OH is 1. The van der Waals surface area contributed by atoms with Crippen molar-refractivity contribution in [1.82, 2.24) is 9.88 Å². The van der Waals surface area contributed by atoms with Crippen molar-refractivity contribution in [2.45, 2.75) is 83.6 Å². The molecular weight excluding hydrogens is 424 g/mol. The van der Waals surface area contributed by atoms with E-state index >= 15 is 0 Å². The Balaban J connectivity index is 1.33. The molecule has 4 rings (SSSR count). The highest BCUT2D eigenvalue weighted by Gasteiger charge is 2.44. The average Bonchev–Trinajstić information content (AvgIpc) is 3.04. The number of nitrogens with zero attached hydrogens (tertiary/aromatic N) is 3. The lowest BCUT2D eigenvalue weighted by atomic mass is 10.0. The predicted molar refractivity (Wildman–Crippen MR) is 124 cm³/mol. The fourth-order valence-corrected chi connectivity index (χ4v) is 5.24. The molecule has 0 aliphatic carbocycles. The molecule has 9 heteroatoms. The molecule has 1 aromatic rings. The van der Waals surface area contributed by atoms with Gasteiger partial charge in [0.25, 0.3) is 0 Å². The van der Waals surface area contributed by atoms with Crippen molar-refractivity contribution in [1.29, 1.82) is 0 Å². The number of hydrogen-bond acceptors (Lipinski definition) is 7. The lowest BCUT2D eigenvalue weighted by Crippen LogP contribution is -2.50. The molecule has 2 amide bonds. The van der Waals surface area contributed by atoms with E-state index in [1.54, 1.807) is 6.20 Å². The number of rotatable bonds is 5. The number of anilines is 2. The molecule has 33 heavy (non-hydrogen) atoms. The van der Waals surface area contributed by atoms with E-state index in [1.165, 1.54) is 0 Å². The lowest BCUT2D eigenvalue weighted by molar-refractivity contribution is 0.00637. The van der Waals surface area contributed by atoms with Crippen LogP contribution in [-0.2, 0) is 9.47 Å². The van der Waals surface area contributed by atoms with E-state index in [0.29, 0.717) is 31.7 Å². The lowest BCUT2D eigenvalue weighted by Gasteiger charge is -2.39. The van der Waals surface area contributed by atoms with Gasteiger partial charge in [-0.15, -0.1) is 0 Å². The second-order valence-corrected chi connectivity index (χ2v) is 9.99. The van der Waals surface area contributed by atoms with Gasteiger partial charge in [-0.2, -0.15) is 0 Å². The highest BCUT2D eigenvalue weighted by Crippen LogP contribution is 2.36. The Kier molecular flexibility index (Phi) is 7.26. The van der Waals surface area contributed by atoms with E-state index in [2.05, 4.69) is 15.2 Å². The molecular formula is C24H36N4O5. The number of aromatic nitrogens is 1. The Bertz CT molecular complexity index is 849. The topological polar surface area (TPSA) is 104 Å². The molecule has 3 saturated heterocycles. The molecule has 182 valence electrons. The predicted octanol–water partition coefficient (Wildman–Crippen LogP) is 3.69. The third kappa shape index (κ3) is 5.69. The van der Waals surface area contributed by atoms with Crippen LogP contribution in [0.15, 0.2) is 12.3 Å². The van der Waals surface area contributed by atoms with Gasteiger partial charge in [0, 0.05) is 18.6 Å². The number of fused-ring (bicyclic) bond motifs is 2. The Morgan fingerprint density at radius 3 is 2.64 bits per heavy atom. The number of pyridine rings is 1. The smallest absolute Gasteiger partial charge is 0.411 e. The van der Waals surface area contributed by atoms with Crippen LogP contribution in [-0.4, -0.2) is 71.2 Å². The van der Waals surface area contributed by atoms with Gasteiger partial charge in [-0.05, 0) is 63.0 Å². The Labute approximate surface area is 195 Å². The van der Waals surface area contributed by atoms with Gasteiger partial charge in [0.1, 0.15) is 11.9 Å². The fourth-order valence-electron chi connectivity index (χ4n) is 5.24. The van der Waals surface area contributed by atoms with Crippen molar-refractivity contribution in [3.8, 4) is 0 Å². The zero-order valence-corrected chi connectivity index (χ0v) is 19.8. The minimum atomic E-state index is -0.484. The maximum absolute atomic E-state index is 12.9. The Hall–Kier alpha value is -2.55. The van der Waals surface area contributed by atoms with Crippen LogP contribution in [0, 0.1) is 12.8 Å². The number of carbonyl (C=O) groups excluding carboxylic acids is 2. The van der Waals surface area contributed by atoms with E-state index < -0.39 is 6.09 Å². The summed E-state index contributed by atoms with van der Waals surface area (Å²) in [6.45, 7) is 7.72. The van der Waals surface area contributed by atoms with Gasteiger partial charge in [0.05, 0.1) is 31.1 Å². The monoisotopic (exact) mass is 460 g/mol. The largest absolute Gasteiger partial charge is 0.449 e. The summed E-state index contributed by atoms with van der Waals surface area (Å²) >= 11 is 0. The summed E-state index contributed by atoms with van der Waals surface area (Å²) in [6.07, 6.45) is 5.33. The van der Waals surface area contributed by atoms with Crippen molar-refractivity contribution in [2.24, 2.45) is 5.92 Å². The highest BCUT2D eigenvalue weighted by molar-refractivity contribution is 5.84. The standard InChI is InChI=1S/C24H36N4O5/c1-15(2)14-32-23(30)26-17-9-16(3)22(25-12-17)27-8-4-5-21(13-27)33-24(31)28-18-6-7-19(28)11-20(29)10-18/h9,12,15,18-21,29H,4-8,10-11,13-14H2,1-3H3,(H,26,30). The maximum atomic E-state index is 12.9. The number of aliphatic hydroxyl groups is 1. The van der Waals surface area contributed by atoms with Crippen molar-refractivity contribution in [3.63, 3.8) is 0 Å². The van der Waals surface area contributed by atoms with Gasteiger partial charge in [0.2, 0.25) is 0 Å². The van der Waals surface area contributed by atoms with Crippen molar-refractivity contribution in [3.05, 3.63) is 17.8 Å². The summed E-state index contributed by atoms with van der Waals surface area (Å²) in [6, 6.07) is 2.08. The van der Waals surface area contributed by atoms with E-state index in [1.807, 2.05) is 31.7 Å². The summed E-state index contributed by atoms with van der Waals surface area (Å²) in [7, 11) is 0.